The summed E-state index contributed by atoms with van der Waals surface area (Å²) in [6, 6.07) is 7.17. The summed E-state index contributed by atoms with van der Waals surface area (Å²) in [6.45, 7) is 1.14. The number of rotatable bonds is 6. The summed E-state index contributed by atoms with van der Waals surface area (Å²) < 4.78 is 9.76. The standard InChI is InChI=1S/C18H24N2O5/c1-24-15-6-4-3-5-14(15)18(23)20-11-9-13(10-12-20)19-16(21)7-8-17(22)25-2/h3-6,13H,7-12H2,1-2H3,(H,19,21). The summed E-state index contributed by atoms with van der Waals surface area (Å²) in [6.07, 6.45) is 1.57. The minimum Gasteiger partial charge on any atom is -0.496 e. The van der Waals surface area contributed by atoms with Crippen molar-refractivity contribution in [2.75, 3.05) is 27.3 Å². The van der Waals surface area contributed by atoms with Gasteiger partial charge in [0.15, 0.2) is 0 Å². The van der Waals surface area contributed by atoms with Gasteiger partial charge < -0.3 is 19.7 Å². The Hall–Kier alpha value is -2.57. The molecule has 7 nitrogen and oxygen atoms in total. The van der Waals surface area contributed by atoms with Crippen molar-refractivity contribution in [1.82, 2.24) is 10.2 Å². The molecule has 1 aliphatic heterocycles. The van der Waals surface area contributed by atoms with Crippen LogP contribution < -0.4 is 10.1 Å². The van der Waals surface area contributed by atoms with Crippen molar-refractivity contribution in [1.29, 1.82) is 0 Å². The first-order valence-corrected chi connectivity index (χ1v) is 8.33. The Bertz CT molecular complexity index is 624. The third-order valence-corrected chi connectivity index (χ3v) is 4.27. The van der Waals surface area contributed by atoms with E-state index in [4.69, 9.17) is 4.74 Å². The van der Waals surface area contributed by atoms with Crippen molar-refractivity contribution in [2.24, 2.45) is 0 Å². The number of nitrogens with zero attached hydrogens (tertiary/aromatic N) is 1. The van der Waals surface area contributed by atoms with Gasteiger partial charge >= 0.3 is 5.97 Å². The second-order valence-electron chi connectivity index (χ2n) is 5.91. The Kier molecular flexibility index (Phi) is 6.80. The number of carbonyl (C=O) groups excluding carboxylic acids is 3. The maximum absolute atomic E-state index is 12.6. The maximum Gasteiger partial charge on any atom is 0.306 e. The quantitative estimate of drug-likeness (QED) is 0.785. The van der Waals surface area contributed by atoms with E-state index in [0.717, 1.165) is 0 Å². The van der Waals surface area contributed by atoms with Gasteiger partial charge in [-0.15, -0.1) is 0 Å². The van der Waals surface area contributed by atoms with E-state index in [-0.39, 0.29) is 30.7 Å². The van der Waals surface area contributed by atoms with E-state index in [2.05, 4.69) is 10.1 Å². The molecule has 0 saturated carbocycles. The molecule has 0 spiro atoms. The number of carbonyl (C=O) groups is 3. The van der Waals surface area contributed by atoms with Crippen molar-refractivity contribution >= 4 is 17.8 Å². The number of piperidine rings is 1. The Labute approximate surface area is 147 Å². The SMILES string of the molecule is COC(=O)CCC(=O)NC1CCN(C(=O)c2ccccc2OC)CC1. The van der Waals surface area contributed by atoms with Gasteiger partial charge in [0.25, 0.3) is 5.91 Å². The van der Waals surface area contributed by atoms with E-state index < -0.39 is 5.97 Å². The Balaban J connectivity index is 1.82. The Morgan fingerprint density at radius 2 is 1.80 bits per heavy atom. The number of para-hydroxylation sites is 1. The van der Waals surface area contributed by atoms with Crippen LogP contribution >= 0.6 is 0 Å². The van der Waals surface area contributed by atoms with Gasteiger partial charge in [0.2, 0.25) is 5.91 Å². The maximum atomic E-state index is 12.6. The zero-order chi connectivity index (χ0) is 18.2. The Morgan fingerprint density at radius 1 is 1.12 bits per heavy atom. The molecule has 1 aliphatic rings. The molecule has 2 rings (SSSR count). The third-order valence-electron chi connectivity index (χ3n) is 4.27. The summed E-state index contributed by atoms with van der Waals surface area (Å²) in [5.41, 5.74) is 0.547. The number of methoxy groups -OCH3 is 2. The number of likely N-dealkylation sites (tertiary alicyclic amines) is 1. The number of esters is 1. The molecule has 1 aromatic carbocycles. The molecule has 136 valence electrons. The van der Waals surface area contributed by atoms with E-state index in [9.17, 15) is 14.4 Å². The van der Waals surface area contributed by atoms with Crippen LogP contribution in [0.3, 0.4) is 0 Å². The van der Waals surface area contributed by atoms with E-state index in [1.165, 1.54) is 7.11 Å². The van der Waals surface area contributed by atoms with E-state index >= 15 is 0 Å². The fourth-order valence-electron chi connectivity index (χ4n) is 2.84. The van der Waals surface area contributed by atoms with Gasteiger partial charge in [0, 0.05) is 25.6 Å². The van der Waals surface area contributed by atoms with Gasteiger partial charge in [-0.3, -0.25) is 14.4 Å². The van der Waals surface area contributed by atoms with Crippen LogP contribution in [0.4, 0.5) is 0 Å². The number of ether oxygens (including phenoxy) is 2. The number of benzene rings is 1. The smallest absolute Gasteiger partial charge is 0.306 e. The molecule has 1 heterocycles. The number of hydrogen-bond donors (Lipinski definition) is 1. The average Bonchev–Trinajstić information content (AvgIpc) is 2.66. The first kappa shape index (κ1) is 18.8. The van der Waals surface area contributed by atoms with Gasteiger partial charge in [-0.25, -0.2) is 0 Å². The van der Waals surface area contributed by atoms with Crippen LogP contribution in [0.1, 0.15) is 36.0 Å². The van der Waals surface area contributed by atoms with Gasteiger partial charge in [-0.05, 0) is 25.0 Å². The Morgan fingerprint density at radius 3 is 2.44 bits per heavy atom. The van der Waals surface area contributed by atoms with Crippen LogP contribution in [0.15, 0.2) is 24.3 Å². The van der Waals surface area contributed by atoms with Crippen molar-refractivity contribution in [2.45, 2.75) is 31.7 Å². The van der Waals surface area contributed by atoms with Gasteiger partial charge in [0.05, 0.1) is 26.2 Å². The minimum atomic E-state index is -0.396. The summed E-state index contributed by atoms with van der Waals surface area (Å²) in [5, 5.41) is 2.91. The molecule has 0 bridgehead atoms. The van der Waals surface area contributed by atoms with Crippen molar-refractivity contribution in [3.05, 3.63) is 29.8 Å². The molecule has 1 fully saturated rings. The minimum absolute atomic E-state index is 0.0202. The van der Waals surface area contributed by atoms with Crippen molar-refractivity contribution in [3.63, 3.8) is 0 Å². The van der Waals surface area contributed by atoms with Crippen LogP contribution in [0.25, 0.3) is 0 Å². The largest absolute Gasteiger partial charge is 0.496 e. The molecule has 0 unspecified atom stereocenters. The highest BCUT2D eigenvalue weighted by Gasteiger charge is 2.26. The molecule has 2 amide bonds. The fraction of sp³-hybridized carbons (Fsp3) is 0.500. The number of hydrogen-bond acceptors (Lipinski definition) is 5. The van der Waals surface area contributed by atoms with Gasteiger partial charge in [-0.1, -0.05) is 12.1 Å². The molecule has 1 aromatic rings. The van der Waals surface area contributed by atoms with Gasteiger partial charge in [-0.2, -0.15) is 0 Å². The lowest BCUT2D eigenvalue weighted by molar-refractivity contribution is -0.142. The topological polar surface area (TPSA) is 84.9 Å². The third kappa shape index (κ3) is 5.20. The zero-order valence-electron chi connectivity index (χ0n) is 14.6. The lowest BCUT2D eigenvalue weighted by Crippen LogP contribution is -2.46. The summed E-state index contributed by atoms with van der Waals surface area (Å²) in [4.78, 5) is 37.3. The number of amides is 2. The van der Waals surface area contributed by atoms with Crippen LogP contribution in [-0.4, -0.2) is 56.0 Å². The molecule has 0 aromatic heterocycles. The summed E-state index contributed by atoms with van der Waals surface area (Å²) in [7, 11) is 2.84. The predicted molar refractivity (Wildman–Crippen MR) is 91.3 cm³/mol. The highest BCUT2D eigenvalue weighted by molar-refractivity contribution is 5.97. The van der Waals surface area contributed by atoms with E-state index in [1.807, 2.05) is 12.1 Å². The van der Waals surface area contributed by atoms with Crippen molar-refractivity contribution in [3.8, 4) is 5.75 Å². The second kappa shape index (κ2) is 9.05. The molecule has 7 heteroatoms. The molecule has 25 heavy (non-hydrogen) atoms. The lowest BCUT2D eigenvalue weighted by Gasteiger charge is -2.32. The average molecular weight is 348 g/mol. The molecular weight excluding hydrogens is 324 g/mol. The number of nitrogens with one attached hydrogen (secondary N) is 1. The normalized spacial score (nSPS) is 14.7. The monoisotopic (exact) mass is 348 g/mol. The highest BCUT2D eigenvalue weighted by Crippen LogP contribution is 2.21. The summed E-state index contributed by atoms with van der Waals surface area (Å²) >= 11 is 0. The predicted octanol–water partition coefficient (Wildman–Crippen LogP) is 1.37. The second-order valence-corrected chi connectivity index (χ2v) is 5.91. The molecule has 1 N–H and O–H groups in total. The van der Waals surface area contributed by atoms with Crippen LogP contribution in [0.2, 0.25) is 0 Å². The first-order chi connectivity index (χ1) is 12.0. The fourth-order valence-corrected chi connectivity index (χ4v) is 2.84. The summed E-state index contributed by atoms with van der Waals surface area (Å²) in [5.74, 6) is -0.0640. The lowest BCUT2D eigenvalue weighted by atomic mass is 10.0. The van der Waals surface area contributed by atoms with E-state index in [1.54, 1.807) is 24.1 Å². The molecular formula is C18H24N2O5. The molecule has 1 saturated heterocycles. The highest BCUT2D eigenvalue weighted by atomic mass is 16.5. The van der Waals surface area contributed by atoms with Crippen LogP contribution in [0, 0.1) is 0 Å². The van der Waals surface area contributed by atoms with Gasteiger partial charge in [0.1, 0.15) is 5.75 Å². The zero-order valence-corrected chi connectivity index (χ0v) is 14.6. The van der Waals surface area contributed by atoms with Crippen LogP contribution in [-0.2, 0) is 14.3 Å². The molecule has 0 radical (unpaired) electrons. The van der Waals surface area contributed by atoms with Crippen molar-refractivity contribution < 1.29 is 23.9 Å². The van der Waals surface area contributed by atoms with Crippen LogP contribution in [0.5, 0.6) is 5.75 Å². The first-order valence-electron chi connectivity index (χ1n) is 8.33. The molecule has 0 aliphatic carbocycles. The molecule has 0 atom stereocenters. The van der Waals surface area contributed by atoms with E-state index in [0.29, 0.717) is 37.2 Å².